The molecule has 0 unspecified atom stereocenters. The van der Waals surface area contributed by atoms with Crippen molar-refractivity contribution in [1.82, 2.24) is 0 Å². The number of hydrogen-bond acceptors (Lipinski definition) is 2. The minimum Gasteiger partial charge on any atom is -0.481 e. The van der Waals surface area contributed by atoms with E-state index in [9.17, 15) is 4.79 Å². The molecule has 0 aromatic carbocycles. The van der Waals surface area contributed by atoms with Gasteiger partial charge in [0, 0.05) is 6.61 Å². The van der Waals surface area contributed by atoms with Crippen LogP contribution >= 0.6 is 0 Å². The van der Waals surface area contributed by atoms with Crippen molar-refractivity contribution in [3.8, 4) is 0 Å². The molecule has 0 bridgehead atoms. The third kappa shape index (κ3) is 20.9. The molecule has 140 valence electrons. The number of hydrogen-bond donors (Lipinski definition) is 1. The quantitative estimate of drug-likeness (QED) is 0.236. The summed E-state index contributed by atoms with van der Waals surface area (Å²) >= 11 is 0. The highest BCUT2D eigenvalue weighted by Gasteiger charge is 1.94. The second-order valence-corrected chi connectivity index (χ2v) is 6.49. The summed E-state index contributed by atoms with van der Waals surface area (Å²) in [6, 6.07) is 0. The Hall–Kier alpha value is -1.05. The van der Waals surface area contributed by atoms with Gasteiger partial charge in [-0.25, -0.2) is 0 Å². The van der Waals surface area contributed by atoms with E-state index in [1.165, 1.54) is 83.1 Å². The van der Waals surface area contributed by atoms with E-state index < -0.39 is 5.97 Å². The summed E-state index contributed by atoms with van der Waals surface area (Å²) in [5, 5.41) is 8.44. The summed E-state index contributed by atoms with van der Waals surface area (Å²) in [4.78, 5) is 10.3. The summed E-state index contributed by atoms with van der Waals surface area (Å²) in [6.45, 7) is 3.58. The summed E-state index contributed by atoms with van der Waals surface area (Å²) in [5.41, 5.74) is 2.81. The van der Waals surface area contributed by atoms with Crippen LogP contribution in [0.2, 0.25) is 0 Å². The Bertz CT molecular complexity index is 330. The minimum absolute atomic E-state index is 0.0232. The number of rotatable bonds is 18. The molecule has 1 N–H and O–H groups in total. The van der Waals surface area contributed by atoms with E-state index in [2.05, 4.69) is 12.7 Å². The lowest BCUT2D eigenvalue weighted by Crippen LogP contribution is -1.94. The lowest BCUT2D eigenvalue weighted by molar-refractivity contribution is -0.135. The molecule has 0 aliphatic rings. The Morgan fingerprint density at radius 1 is 0.833 bits per heavy atom. The Morgan fingerprint density at radius 3 is 1.83 bits per heavy atom. The fourth-order valence-electron chi connectivity index (χ4n) is 2.64. The van der Waals surface area contributed by atoms with Crippen LogP contribution in [0.15, 0.2) is 17.9 Å². The van der Waals surface area contributed by atoms with Crippen molar-refractivity contribution in [2.24, 2.45) is 0 Å². The molecule has 0 fully saturated rings. The molecule has 0 aromatic heterocycles. The van der Waals surface area contributed by atoms with Crippen LogP contribution in [-0.2, 0) is 9.53 Å². The van der Waals surface area contributed by atoms with Crippen molar-refractivity contribution < 1.29 is 14.6 Å². The van der Waals surface area contributed by atoms with E-state index in [0.717, 1.165) is 13.0 Å². The first kappa shape index (κ1) is 22.9. The maximum absolute atomic E-state index is 10.3. The molecular weight excluding hydrogens is 300 g/mol. The second kappa shape index (κ2) is 20.0. The van der Waals surface area contributed by atoms with Crippen molar-refractivity contribution >= 4 is 5.97 Å². The van der Waals surface area contributed by atoms with E-state index in [1.807, 2.05) is 0 Å². The zero-order valence-corrected chi connectivity index (χ0v) is 15.7. The van der Waals surface area contributed by atoms with Gasteiger partial charge in [-0.15, -0.1) is 5.73 Å². The van der Waals surface area contributed by atoms with Gasteiger partial charge < -0.3 is 9.84 Å². The maximum atomic E-state index is 10.3. The molecule has 0 aliphatic carbocycles. The SMILES string of the molecule is CCCCCCCCCCCCCCCOCC=C=CCC(=O)O. The van der Waals surface area contributed by atoms with Crippen LogP contribution in [-0.4, -0.2) is 24.3 Å². The maximum Gasteiger partial charge on any atom is 0.307 e. The molecule has 0 saturated carbocycles. The van der Waals surface area contributed by atoms with Gasteiger partial charge in [-0.3, -0.25) is 4.79 Å². The first-order chi connectivity index (χ1) is 11.8. The topological polar surface area (TPSA) is 46.5 Å². The molecule has 0 aromatic rings. The van der Waals surface area contributed by atoms with Gasteiger partial charge in [0.25, 0.3) is 0 Å². The van der Waals surface area contributed by atoms with Gasteiger partial charge in [-0.2, -0.15) is 0 Å². The van der Waals surface area contributed by atoms with Crippen molar-refractivity contribution in [3.63, 3.8) is 0 Å². The van der Waals surface area contributed by atoms with Crippen LogP contribution in [0.1, 0.15) is 96.8 Å². The van der Waals surface area contributed by atoms with Crippen molar-refractivity contribution in [1.29, 1.82) is 0 Å². The number of unbranched alkanes of at least 4 members (excludes halogenated alkanes) is 12. The summed E-state index contributed by atoms with van der Waals surface area (Å²) in [5.74, 6) is -0.830. The fourth-order valence-corrected chi connectivity index (χ4v) is 2.64. The average Bonchev–Trinajstić information content (AvgIpc) is 2.56. The molecule has 0 heterocycles. The predicted octanol–water partition coefficient (Wildman–Crippen LogP) is 6.28. The van der Waals surface area contributed by atoms with Crippen molar-refractivity contribution in [2.75, 3.05) is 13.2 Å². The molecule has 0 atom stereocenters. The first-order valence-corrected chi connectivity index (χ1v) is 9.96. The van der Waals surface area contributed by atoms with Crippen molar-refractivity contribution in [2.45, 2.75) is 96.8 Å². The van der Waals surface area contributed by atoms with Crippen LogP contribution in [0.3, 0.4) is 0 Å². The van der Waals surface area contributed by atoms with E-state index >= 15 is 0 Å². The Balaban J connectivity index is 3.10. The number of carbonyl (C=O) groups is 1. The molecule has 3 heteroatoms. The Kier molecular flexibility index (Phi) is 19.1. The lowest BCUT2D eigenvalue weighted by Gasteiger charge is -2.03. The molecule has 0 amide bonds. The summed E-state index contributed by atoms with van der Waals surface area (Å²) < 4.78 is 5.46. The van der Waals surface area contributed by atoms with Gasteiger partial charge in [0.1, 0.15) is 0 Å². The fraction of sp³-hybridized carbons (Fsp3) is 0.810. The van der Waals surface area contributed by atoms with E-state index in [0.29, 0.717) is 6.61 Å². The largest absolute Gasteiger partial charge is 0.481 e. The van der Waals surface area contributed by atoms with Gasteiger partial charge in [-0.05, 0) is 18.6 Å². The monoisotopic (exact) mass is 338 g/mol. The van der Waals surface area contributed by atoms with Gasteiger partial charge >= 0.3 is 5.97 Å². The third-order valence-corrected chi connectivity index (χ3v) is 4.11. The summed E-state index contributed by atoms with van der Waals surface area (Å²) in [7, 11) is 0. The van der Waals surface area contributed by atoms with E-state index in [4.69, 9.17) is 9.84 Å². The molecule has 0 rings (SSSR count). The highest BCUT2D eigenvalue weighted by atomic mass is 16.5. The molecule has 3 nitrogen and oxygen atoms in total. The smallest absolute Gasteiger partial charge is 0.307 e. The number of ether oxygens (including phenoxy) is 1. The van der Waals surface area contributed by atoms with Gasteiger partial charge in [0.15, 0.2) is 0 Å². The number of aliphatic carboxylic acids is 1. The number of carboxylic acid groups (broad SMARTS) is 1. The molecule has 24 heavy (non-hydrogen) atoms. The van der Waals surface area contributed by atoms with Crippen LogP contribution in [0.5, 0.6) is 0 Å². The van der Waals surface area contributed by atoms with Gasteiger partial charge in [0.2, 0.25) is 0 Å². The highest BCUT2D eigenvalue weighted by molar-refractivity contribution is 5.68. The van der Waals surface area contributed by atoms with Crippen LogP contribution < -0.4 is 0 Å². The lowest BCUT2D eigenvalue weighted by atomic mass is 10.0. The van der Waals surface area contributed by atoms with Gasteiger partial charge in [0.05, 0.1) is 13.0 Å². The second-order valence-electron chi connectivity index (χ2n) is 6.49. The van der Waals surface area contributed by atoms with E-state index in [-0.39, 0.29) is 6.42 Å². The van der Waals surface area contributed by atoms with Crippen LogP contribution in [0.4, 0.5) is 0 Å². The molecule has 0 saturated heterocycles. The third-order valence-electron chi connectivity index (χ3n) is 4.11. The Morgan fingerprint density at radius 2 is 1.33 bits per heavy atom. The van der Waals surface area contributed by atoms with Gasteiger partial charge in [-0.1, -0.05) is 84.0 Å². The molecule has 0 spiro atoms. The van der Waals surface area contributed by atoms with E-state index in [1.54, 1.807) is 6.08 Å². The standard InChI is InChI=1S/C21H38O3/c1-2-3-4-5-6-7-8-9-10-11-12-13-16-19-24-20-17-14-15-18-21(22)23/h15,17H,2-13,16,18-20H2,1H3,(H,22,23). The zero-order valence-electron chi connectivity index (χ0n) is 15.7. The zero-order chi connectivity index (χ0) is 17.7. The molecule has 0 radical (unpaired) electrons. The summed E-state index contributed by atoms with van der Waals surface area (Å²) in [6.07, 6.45) is 20.9. The Labute approximate surface area is 149 Å². The van der Waals surface area contributed by atoms with Crippen LogP contribution in [0, 0.1) is 0 Å². The molecular formula is C21H38O3. The average molecular weight is 339 g/mol. The molecule has 0 aliphatic heterocycles. The number of carboxylic acids is 1. The first-order valence-electron chi connectivity index (χ1n) is 9.96. The predicted molar refractivity (Wildman–Crippen MR) is 101 cm³/mol. The minimum atomic E-state index is -0.830. The van der Waals surface area contributed by atoms with Crippen molar-refractivity contribution in [3.05, 3.63) is 17.9 Å². The van der Waals surface area contributed by atoms with Crippen LogP contribution in [0.25, 0.3) is 0 Å². The normalized spacial score (nSPS) is 10.4. The highest BCUT2D eigenvalue weighted by Crippen LogP contribution is 2.12.